The number of hydrogen-bond donors (Lipinski definition) is 1. The maximum absolute atomic E-state index is 13.1. The number of benzene rings is 1. The third-order valence-electron chi connectivity index (χ3n) is 4.43. The molecule has 0 unspecified atom stereocenters. The van der Waals surface area contributed by atoms with Crippen LogP contribution in [0.25, 0.3) is 0 Å². The Labute approximate surface area is 124 Å². The van der Waals surface area contributed by atoms with Crippen molar-refractivity contribution in [1.29, 1.82) is 0 Å². The van der Waals surface area contributed by atoms with E-state index in [1.54, 1.807) is 11.0 Å². The molecule has 0 aromatic heterocycles. The van der Waals surface area contributed by atoms with Crippen LogP contribution in [0.15, 0.2) is 36.4 Å². The number of anilines is 1. The van der Waals surface area contributed by atoms with Gasteiger partial charge in [-0.3, -0.25) is 9.59 Å². The van der Waals surface area contributed by atoms with Crippen molar-refractivity contribution in [2.24, 2.45) is 0 Å². The van der Waals surface area contributed by atoms with E-state index in [1.165, 1.54) is 0 Å². The second-order valence-electron chi connectivity index (χ2n) is 5.75. The average molecular weight is 284 g/mol. The van der Waals surface area contributed by atoms with Crippen molar-refractivity contribution in [3.8, 4) is 0 Å². The summed E-state index contributed by atoms with van der Waals surface area (Å²) in [6.07, 6.45) is 7.32. The molecule has 1 aromatic carbocycles. The molecule has 0 bridgehead atoms. The predicted molar refractivity (Wildman–Crippen MR) is 82.3 cm³/mol. The molecule has 1 N–H and O–H groups in total. The van der Waals surface area contributed by atoms with Crippen LogP contribution in [-0.2, 0) is 4.79 Å². The summed E-state index contributed by atoms with van der Waals surface area (Å²) in [5.74, 6) is -0.111. The van der Waals surface area contributed by atoms with Crippen LogP contribution in [0.3, 0.4) is 0 Å². The number of carbonyl (C=O) groups excluding carboxylic acids is 2. The van der Waals surface area contributed by atoms with Gasteiger partial charge < -0.3 is 10.2 Å². The van der Waals surface area contributed by atoms with Crippen LogP contribution in [0.2, 0.25) is 0 Å². The van der Waals surface area contributed by atoms with Gasteiger partial charge in [0.05, 0.1) is 11.3 Å². The van der Waals surface area contributed by atoms with Crippen molar-refractivity contribution in [2.45, 2.75) is 38.1 Å². The number of para-hydroxylation sites is 1. The molecule has 21 heavy (non-hydrogen) atoms. The highest BCUT2D eigenvalue weighted by molar-refractivity contribution is 6.13. The largest absolute Gasteiger partial charge is 0.338 e. The van der Waals surface area contributed by atoms with Gasteiger partial charge in [-0.1, -0.05) is 37.1 Å². The first-order valence-electron chi connectivity index (χ1n) is 7.53. The minimum Gasteiger partial charge on any atom is -0.338 e. The Hall–Kier alpha value is -2.10. The molecule has 0 radical (unpaired) electrons. The second kappa shape index (κ2) is 5.35. The van der Waals surface area contributed by atoms with E-state index in [-0.39, 0.29) is 11.8 Å². The third-order valence-corrected chi connectivity index (χ3v) is 4.43. The lowest BCUT2D eigenvalue weighted by atomic mass is 9.95. The van der Waals surface area contributed by atoms with Crippen molar-refractivity contribution in [1.82, 2.24) is 5.32 Å². The first-order valence-corrected chi connectivity index (χ1v) is 7.53. The molecule has 1 aromatic rings. The van der Waals surface area contributed by atoms with Gasteiger partial charge in [-0.2, -0.15) is 0 Å². The number of carbonyl (C=O) groups is 2. The third kappa shape index (κ3) is 2.24. The Morgan fingerprint density at radius 1 is 1.24 bits per heavy atom. The van der Waals surface area contributed by atoms with Crippen molar-refractivity contribution in [3.05, 3.63) is 42.0 Å². The standard InChI is InChI=1S/C17H20N2O2/c1-2-3-12-19-14-9-5-4-8-13(14)15(20)18-17(16(19)21)10-6-7-11-17/h2-5,8-9H,6-7,10-12H2,1H3,(H,18,20)/b3-2+. The first kappa shape index (κ1) is 13.9. The van der Waals surface area contributed by atoms with Crippen LogP contribution in [-0.4, -0.2) is 23.9 Å². The number of rotatable bonds is 2. The Balaban J connectivity index is 2.10. The minimum atomic E-state index is -0.711. The van der Waals surface area contributed by atoms with Crippen molar-refractivity contribution < 1.29 is 9.59 Å². The van der Waals surface area contributed by atoms with Gasteiger partial charge in [-0.25, -0.2) is 0 Å². The van der Waals surface area contributed by atoms with Gasteiger partial charge in [0.15, 0.2) is 0 Å². The highest BCUT2D eigenvalue weighted by Crippen LogP contribution is 2.36. The minimum absolute atomic E-state index is 0.0244. The van der Waals surface area contributed by atoms with E-state index in [4.69, 9.17) is 0 Å². The van der Waals surface area contributed by atoms with E-state index in [0.717, 1.165) is 25.7 Å². The zero-order valence-electron chi connectivity index (χ0n) is 12.3. The highest BCUT2D eigenvalue weighted by Gasteiger charge is 2.47. The number of allylic oxidation sites excluding steroid dienone is 1. The summed E-state index contributed by atoms with van der Waals surface area (Å²) in [6, 6.07) is 7.34. The van der Waals surface area contributed by atoms with E-state index in [9.17, 15) is 9.59 Å². The fourth-order valence-electron chi connectivity index (χ4n) is 3.32. The zero-order valence-corrected chi connectivity index (χ0v) is 12.3. The number of nitrogens with zero attached hydrogens (tertiary/aromatic N) is 1. The molecule has 1 heterocycles. The Bertz CT molecular complexity index is 601. The van der Waals surface area contributed by atoms with Crippen molar-refractivity contribution in [3.63, 3.8) is 0 Å². The number of nitrogens with one attached hydrogen (secondary N) is 1. The number of fused-ring (bicyclic) bond motifs is 1. The molecule has 1 saturated carbocycles. The van der Waals surface area contributed by atoms with E-state index < -0.39 is 5.54 Å². The SMILES string of the molecule is C/C=C/CN1C(=O)C2(CCCC2)NC(=O)c2ccccc21. The lowest BCUT2D eigenvalue weighted by molar-refractivity contribution is -0.124. The highest BCUT2D eigenvalue weighted by atomic mass is 16.2. The van der Waals surface area contributed by atoms with Crippen LogP contribution in [0.1, 0.15) is 43.0 Å². The molecule has 4 nitrogen and oxygen atoms in total. The molecule has 1 aliphatic carbocycles. The molecular formula is C17H20N2O2. The van der Waals surface area contributed by atoms with Crippen LogP contribution in [0.4, 0.5) is 5.69 Å². The summed E-state index contributed by atoms with van der Waals surface area (Å²) in [5, 5.41) is 3.01. The van der Waals surface area contributed by atoms with Gasteiger partial charge in [0, 0.05) is 6.54 Å². The normalized spacial score (nSPS) is 20.7. The molecule has 1 aliphatic heterocycles. The molecule has 0 atom stereocenters. The van der Waals surface area contributed by atoms with Crippen molar-refractivity contribution >= 4 is 17.5 Å². The lowest BCUT2D eigenvalue weighted by Gasteiger charge is -2.31. The Kier molecular flexibility index (Phi) is 3.53. The van der Waals surface area contributed by atoms with Gasteiger partial charge >= 0.3 is 0 Å². The molecule has 0 saturated heterocycles. The summed E-state index contributed by atoms with van der Waals surface area (Å²) in [4.78, 5) is 27.3. The summed E-state index contributed by atoms with van der Waals surface area (Å²) in [6.45, 7) is 2.44. The quantitative estimate of drug-likeness (QED) is 0.849. The predicted octanol–water partition coefficient (Wildman–Crippen LogP) is 2.65. The summed E-state index contributed by atoms with van der Waals surface area (Å²) < 4.78 is 0. The van der Waals surface area contributed by atoms with Gasteiger partial charge in [-0.05, 0) is 31.9 Å². The Morgan fingerprint density at radius 3 is 2.67 bits per heavy atom. The van der Waals surface area contributed by atoms with E-state index >= 15 is 0 Å². The molecule has 2 aliphatic rings. The van der Waals surface area contributed by atoms with Gasteiger partial charge in [0.2, 0.25) is 0 Å². The van der Waals surface area contributed by atoms with E-state index in [0.29, 0.717) is 17.8 Å². The number of hydrogen-bond acceptors (Lipinski definition) is 2. The summed E-state index contributed by atoms with van der Waals surface area (Å²) in [5.41, 5.74) is 0.582. The monoisotopic (exact) mass is 284 g/mol. The molecule has 2 amide bonds. The lowest BCUT2D eigenvalue weighted by Crippen LogP contribution is -2.56. The summed E-state index contributed by atoms with van der Waals surface area (Å²) >= 11 is 0. The van der Waals surface area contributed by atoms with Gasteiger partial charge in [0.1, 0.15) is 5.54 Å². The maximum atomic E-state index is 13.1. The van der Waals surface area contributed by atoms with Gasteiger partial charge in [0.25, 0.3) is 11.8 Å². The zero-order chi connectivity index (χ0) is 14.9. The van der Waals surface area contributed by atoms with E-state index in [1.807, 2.05) is 37.3 Å². The second-order valence-corrected chi connectivity index (χ2v) is 5.75. The molecule has 110 valence electrons. The number of amides is 2. The average Bonchev–Trinajstić information content (AvgIpc) is 2.94. The van der Waals surface area contributed by atoms with Crippen LogP contribution in [0.5, 0.6) is 0 Å². The topological polar surface area (TPSA) is 49.4 Å². The van der Waals surface area contributed by atoms with Gasteiger partial charge in [-0.15, -0.1) is 0 Å². The fraction of sp³-hybridized carbons (Fsp3) is 0.412. The molecule has 4 heteroatoms. The van der Waals surface area contributed by atoms with Crippen LogP contribution in [0, 0.1) is 0 Å². The summed E-state index contributed by atoms with van der Waals surface area (Å²) in [7, 11) is 0. The molecular weight excluding hydrogens is 264 g/mol. The van der Waals surface area contributed by atoms with Crippen LogP contribution >= 0.6 is 0 Å². The Morgan fingerprint density at radius 2 is 1.95 bits per heavy atom. The van der Waals surface area contributed by atoms with E-state index in [2.05, 4.69) is 5.32 Å². The fourth-order valence-corrected chi connectivity index (χ4v) is 3.32. The maximum Gasteiger partial charge on any atom is 0.254 e. The van der Waals surface area contributed by atoms with Crippen molar-refractivity contribution in [2.75, 3.05) is 11.4 Å². The molecule has 3 rings (SSSR count). The van der Waals surface area contributed by atoms with Crippen LogP contribution < -0.4 is 10.2 Å². The molecule has 1 fully saturated rings. The smallest absolute Gasteiger partial charge is 0.254 e. The molecule has 1 spiro atoms. The first-order chi connectivity index (χ1) is 10.2.